The lowest BCUT2D eigenvalue weighted by Crippen LogP contribution is -2.13. The Hall–Kier alpha value is -3.78. The first-order valence-corrected chi connectivity index (χ1v) is 10.9. The quantitative estimate of drug-likeness (QED) is 0.237. The number of ether oxygens (including phenoxy) is 1. The lowest BCUT2D eigenvalue weighted by atomic mass is 10.1. The Morgan fingerprint density at radius 1 is 0.939 bits per heavy atom. The summed E-state index contributed by atoms with van der Waals surface area (Å²) >= 11 is 12.2. The Morgan fingerprint density at radius 3 is 2.52 bits per heavy atom. The molecule has 0 radical (unpaired) electrons. The van der Waals surface area contributed by atoms with Crippen LogP contribution in [0, 0.1) is 11.3 Å². The lowest BCUT2D eigenvalue weighted by Gasteiger charge is -2.12. The van der Waals surface area contributed by atoms with Gasteiger partial charge in [0.2, 0.25) is 0 Å². The number of benzene rings is 4. The molecule has 1 amide bonds. The number of nitrogens with one attached hydrogen (secondary N) is 1. The molecule has 4 aromatic rings. The summed E-state index contributed by atoms with van der Waals surface area (Å²) in [5, 5.41) is 15.4. The average molecular weight is 473 g/mol. The number of amides is 1. The number of hydrogen-bond donors (Lipinski definition) is 1. The summed E-state index contributed by atoms with van der Waals surface area (Å²) in [4.78, 5) is 12.7. The number of carbonyl (C=O) groups excluding carboxylic acids is 1. The van der Waals surface area contributed by atoms with Crippen molar-refractivity contribution in [2.24, 2.45) is 0 Å². The molecule has 0 fully saturated rings. The van der Waals surface area contributed by atoms with E-state index in [2.05, 4.69) is 5.32 Å². The van der Waals surface area contributed by atoms with Crippen molar-refractivity contribution in [2.45, 2.75) is 6.61 Å². The largest absolute Gasteiger partial charge is 0.488 e. The Kier molecular flexibility index (Phi) is 6.95. The molecule has 4 rings (SSSR count). The van der Waals surface area contributed by atoms with Crippen LogP contribution in [0.25, 0.3) is 16.8 Å². The summed E-state index contributed by atoms with van der Waals surface area (Å²) in [7, 11) is 0. The molecule has 0 aliphatic carbocycles. The van der Waals surface area contributed by atoms with Gasteiger partial charge in [-0.1, -0.05) is 71.7 Å². The first kappa shape index (κ1) is 22.4. The number of rotatable bonds is 6. The SMILES string of the molecule is N#C/C(=C\c1cc(Cl)ccc1OCc1cccc2ccccc12)C(=O)Nc1cccc(Cl)c1. The van der Waals surface area contributed by atoms with Gasteiger partial charge in [0.25, 0.3) is 5.91 Å². The summed E-state index contributed by atoms with van der Waals surface area (Å²) in [5.41, 5.74) is 1.96. The number of halogens is 2. The van der Waals surface area contributed by atoms with Gasteiger partial charge in [-0.15, -0.1) is 0 Å². The van der Waals surface area contributed by atoms with Crippen molar-refractivity contribution in [2.75, 3.05) is 5.32 Å². The van der Waals surface area contributed by atoms with Crippen LogP contribution in [0.1, 0.15) is 11.1 Å². The van der Waals surface area contributed by atoms with Crippen LogP contribution in [0.4, 0.5) is 5.69 Å². The topological polar surface area (TPSA) is 62.1 Å². The van der Waals surface area contributed by atoms with Crippen molar-refractivity contribution in [3.8, 4) is 11.8 Å². The van der Waals surface area contributed by atoms with Crippen molar-refractivity contribution in [1.82, 2.24) is 0 Å². The summed E-state index contributed by atoms with van der Waals surface area (Å²) in [6.45, 7) is 0.320. The van der Waals surface area contributed by atoms with E-state index in [1.54, 1.807) is 42.5 Å². The second-order valence-electron chi connectivity index (χ2n) is 7.24. The Morgan fingerprint density at radius 2 is 1.70 bits per heavy atom. The van der Waals surface area contributed by atoms with E-state index in [1.807, 2.05) is 48.5 Å². The molecule has 0 saturated carbocycles. The fourth-order valence-corrected chi connectivity index (χ4v) is 3.78. The average Bonchev–Trinajstić information content (AvgIpc) is 2.82. The first-order chi connectivity index (χ1) is 16.0. The van der Waals surface area contributed by atoms with Gasteiger partial charge in [-0.05, 0) is 58.8 Å². The van der Waals surface area contributed by atoms with Crippen molar-refractivity contribution in [3.63, 3.8) is 0 Å². The Labute approximate surface area is 201 Å². The van der Waals surface area contributed by atoms with Crippen LogP contribution in [-0.2, 0) is 11.4 Å². The molecule has 0 saturated heterocycles. The van der Waals surface area contributed by atoms with Gasteiger partial charge >= 0.3 is 0 Å². The molecular formula is C27H18Cl2N2O2. The molecule has 0 aromatic heterocycles. The highest BCUT2D eigenvalue weighted by Crippen LogP contribution is 2.28. The minimum absolute atomic E-state index is 0.0905. The van der Waals surface area contributed by atoms with Crippen molar-refractivity contribution >= 4 is 51.6 Å². The maximum absolute atomic E-state index is 12.7. The third kappa shape index (κ3) is 5.53. The fourth-order valence-electron chi connectivity index (χ4n) is 3.41. The molecule has 0 spiro atoms. The molecule has 4 nitrogen and oxygen atoms in total. The molecule has 0 aliphatic heterocycles. The Bertz CT molecular complexity index is 1400. The number of hydrogen-bond acceptors (Lipinski definition) is 3. The molecule has 6 heteroatoms. The number of anilines is 1. The third-order valence-corrected chi connectivity index (χ3v) is 5.45. The Balaban J connectivity index is 1.59. The minimum Gasteiger partial charge on any atom is -0.488 e. The predicted molar refractivity (Wildman–Crippen MR) is 133 cm³/mol. The van der Waals surface area contributed by atoms with Crippen molar-refractivity contribution < 1.29 is 9.53 Å². The van der Waals surface area contributed by atoms with Crippen LogP contribution in [-0.4, -0.2) is 5.91 Å². The van der Waals surface area contributed by atoms with E-state index in [-0.39, 0.29) is 5.57 Å². The van der Waals surface area contributed by atoms with Gasteiger partial charge in [0.1, 0.15) is 24.0 Å². The zero-order chi connectivity index (χ0) is 23.2. The van der Waals surface area contributed by atoms with Gasteiger partial charge in [0.15, 0.2) is 0 Å². The number of nitrogens with zero attached hydrogens (tertiary/aromatic N) is 1. The zero-order valence-corrected chi connectivity index (χ0v) is 18.9. The maximum atomic E-state index is 12.7. The predicted octanol–water partition coefficient (Wildman–Crippen LogP) is 7.27. The fraction of sp³-hybridized carbons (Fsp3) is 0.0370. The van der Waals surface area contributed by atoms with Crippen molar-refractivity contribution in [3.05, 3.63) is 112 Å². The minimum atomic E-state index is -0.556. The van der Waals surface area contributed by atoms with Crippen LogP contribution in [0.3, 0.4) is 0 Å². The van der Waals surface area contributed by atoms with E-state index in [0.29, 0.717) is 33.7 Å². The molecule has 0 unspecified atom stereocenters. The molecule has 0 heterocycles. The molecule has 0 atom stereocenters. The molecular weight excluding hydrogens is 455 g/mol. The highest BCUT2D eigenvalue weighted by molar-refractivity contribution is 6.31. The van der Waals surface area contributed by atoms with Gasteiger partial charge < -0.3 is 10.1 Å². The highest BCUT2D eigenvalue weighted by Gasteiger charge is 2.13. The van der Waals surface area contributed by atoms with Gasteiger partial charge in [0, 0.05) is 21.3 Å². The van der Waals surface area contributed by atoms with Crippen LogP contribution in [0.5, 0.6) is 5.75 Å². The first-order valence-electron chi connectivity index (χ1n) is 10.1. The van der Waals surface area contributed by atoms with Gasteiger partial charge in [-0.25, -0.2) is 0 Å². The number of carbonyl (C=O) groups is 1. The molecule has 1 N–H and O–H groups in total. The molecule has 0 aliphatic rings. The molecule has 4 aromatic carbocycles. The molecule has 0 bridgehead atoms. The van der Waals surface area contributed by atoms with Crippen LogP contribution < -0.4 is 10.1 Å². The van der Waals surface area contributed by atoms with E-state index in [9.17, 15) is 10.1 Å². The van der Waals surface area contributed by atoms with E-state index in [4.69, 9.17) is 27.9 Å². The smallest absolute Gasteiger partial charge is 0.266 e. The van der Waals surface area contributed by atoms with Gasteiger partial charge in [-0.3, -0.25) is 4.79 Å². The standard InChI is InChI=1S/C27H18Cl2N2O2/c28-22-8-4-9-24(15-22)31-27(32)21(16-30)13-20-14-23(29)11-12-26(20)33-17-19-7-3-6-18-5-1-2-10-25(18)19/h1-15H,17H2,(H,31,32)/b21-13+. The summed E-state index contributed by atoms with van der Waals surface area (Å²) in [6, 6.07) is 27.9. The third-order valence-electron chi connectivity index (χ3n) is 4.98. The van der Waals surface area contributed by atoms with E-state index in [1.165, 1.54) is 6.08 Å². The second kappa shape index (κ2) is 10.2. The monoisotopic (exact) mass is 472 g/mol. The van der Waals surface area contributed by atoms with Gasteiger partial charge in [0.05, 0.1) is 0 Å². The normalized spacial score (nSPS) is 11.1. The summed E-state index contributed by atoms with van der Waals surface area (Å²) < 4.78 is 6.08. The van der Waals surface area contributed by atoms with Gasteiger partial charge in [-0.2, -0.15) is 5.26 Å². The highest BCUT2D eigenvalue weighted by atomic mass is 35.5. The maximum Gasteiger partial charge on any atom is 0.266 e. The molecule has 162 valence electrons. The van der Waals surface area contributed by atoms with Crippen LogP contribution >= 0.6 is 23.2 Å². The van der Waals surface area contributed by atoms with Crippen LogP contribution in [0.2, 0.25) is 10.0 Å². The van der Waals surface area contributed by atoms with E-state index >= 15 is 0 Å². The second-order valence-corrected chi connectivity index (χ2v) is 8.12. The zero-order valence-electron chi connectivity index (χ0n) is 17.4. The van der Waals surface area contributed by atoms with Crippen molar-refractivity contribution in [1.29, 1.82) is 5.26 Å². The van der Waals surface area contributed by atoms with E-state index < -0.39 is 5.91 Å². The summed E-state index contributed by atoms with van der Waals surface area (Å²) in [6.07, 6.45) is 1.46. The number of fused-ring (bicyclic) bond motifs is 1. The van der Waals surface area contributed by atoms with Crippen LogP contribution in [0.15, 0.2) is 90.5 Å². The number of nitriles is 1. The lowest BCUT2D eigenvalue weighted by molar-refractivity contribution is -0.112. The van der Waals surface area contributed by atoms with E-state index in [0.717, 1.165) is 16.3 Å². The summed E-state index contributed by atoms with van der Waals surface area (Å²) in [5.74, 6) is -0.0459. The molecule has 33 heavy (non-hydrogen) atoms.